The molecule has 0 N–H and O–H groups in total. The van der Waals surface area contributed by atoms with Gasteiger partial charge >= 0.3 is 0 Å². The van der Waals surface area contributed by atoms with Crippen LogP contribution in [-0.2, 0) is 61.6 Å². The van der Waals surface area contributed by atoms with Gasteiger partial charge in [-0.1, -0.05) is 275 Å². The van der Waals surface area contributed by atoms with Gasteiger partial charge in [0.2, 0.25) is 0 Å². The van der Waals surface area contributed by atoms with Crippen molar-refractivity contribution in [3.8, 4) is 0 Å². The second-order valence-electron chi connectivity index (χ2n) is 31.4. The summed E-state index contributed by atoms with van der Waals surface area (Å²) in [6.45, 7) is 57.8. The Kier molecular flexibility index (Phi) is 14.7. The Morgan fingerprint density at radius 3 is 0.667 bits per heavy atom. The summed E-state index contributed by atoms with van der Waals surface area (Å²) in [5.41, 5.74) is 17.7. The molecular weight excluding hydrogens is 939 g/mol. The summed E-state index contributed by atoms with van der Waals surface area (Å²) >= 11 is 0. The minimum atomic E-state index is -1.01. The molecule has 8 rings (SSSR count). The van der Waals surface area contributed by atoms with Gasteiger partial charge in [-0.3, -0.25) is 0 Å². The molecule has 0 nitrogen and oxygen atoms in total. The topological polar surface area (TPSA) is 0 Å². The normalized spacial score (nSPS) is 15.6. The molecule has 0 aliphatic heterocycles. The molecule has 6 aromatic carbocycles. The van der Waals surface area contributed by atoms with Gasteiger partial charge in [0.25, 0.3) is 0 Å². The highest BCUT2D eigenvalue weighted by molar-refractivity contribution is 7.80. The van der Waals surface area contributed by atoms with E-state index in [2.05, 4.69) is 275 Å². The summed E-state index contributed by atoms with van der Waals surface area (Å²) < 4.78 is 0. The molecule has 0 saturated carbocycles. The number of rotatable bonds is 6. The summed E-state index contributed by atoms with van der Waals surface area (Å²) in [7, 11) is -2.02. The van der Waals surface area contributed by atoms with E-state index in [-0.39, 0.29) is 48.7 Å². The molecule has 0 radical (unpaired) electrons. The highest BCUT2D eigenvalue weighted by atomic mass is 31.1. The maximum Gasteiger partial charge on any atom is 0.0227 e. The first-order valence-corrected chi connectivity index (χ1v) is 31.4. The minimum Gasteiger partial charge on any atom is -0.0613 e. The first kappa shape index (κ1) is 57.4. The predicted octanol–water partition coefficient (Wildman–Crippen LogP) is 17.8. The van der Waals surface area contributed by atoms with Crippen molar-refractivity contribution >= 4 is 47.7 Å². The van der Waals surface area contributed by atoms with Crippen molar-refractivity contribution in [3.05, 3.63) is 176 Å². The van der Waals surface area contributed by atoms with E-state index in [1.54, 1.807) is 32.9 Å². The van der Waals surface area contributed by atoms with E-state index in [0.717, 1.165) is 25.7 Å². The van der Waals surface area contributed by atoms with Crippen LogP contribution in [0, 0.1) is 0 Å². The van der Waals surface area contributed by atoms with Crippen molar-refractivity contribution in [1.82, 2.24) is 0 Å². The average molecular weight is 1040 g/mol. The van der Waals surface area contributed by atoms with Crippen molar-refractivity contribution in [2.45, 2.75) is 241 Å². The number of hydrogen-bond donors (Lipinski definition) is 0. The number of benzene rings is 6. The van der Waals surface area contributed by atoms with Gasteiger partial charge in [-0.25, -0.2) is 0 Å². The van der Waals surface area contributed by atoms with E-state index < -0.39 is 15.8 Å². The zero-order chi connectivity index (χ0) is 55.6. The van der Waals surface area contributed by atoms with Gasteiger partial charge in [0, 0.05) is 5.41 Å². The van der Waals surface area contributed by atoms with Gasteiger partial charge in [-0.05, 0) is 183 Å². The van der Waals surface area contributed by atoms with Gasteiger partial charge in [0.05, 0.1) is 0 Å². The molecule has 0 atom stereocenters. The summed E-state index contributed by atoms with van der Waals surface area (Å²) in [5.74, 6) is 0. The highest BCUT2D eigenvalue weighted by Crippen LogP contribution is 2.56. The third-order valence-electron chi connectivity index (χ3n) is 17.0. The van der Waals surface area contributed by atoms with E-state index >= 15 is 0 Å². The van der Waals surface area contributed by atoms with E-state index in [9.17, 15) is 0 Å². The van der Waals surface area contributed by atoms with Crippen LogP contribution in [0.4, 0.5) is 0 Å². The van der Waals surface area contributed by atoms with Crippen molar-refractivity contribution in [2.24, 2.45) is 0 Å². The Labute approximate surface area is 461 Å². The first-order valence-electron chi connectivity index (χ1n) is 28.7. The maximum absolute atomic E-state index is 2.64. The lowest BCUT2D eigenvalue weighted by molar-refractivity contribution is 0.511. The lowest BCUT2D eigenvalue weighted by atomic mass is 9.76. The molecule has 400 valence electrons. The van der Waals surface area contributed by atoms with Crippen LogP contribution in [0.1, 0.15) is 246 Å². The molecule has 0 aromatic heterocycles. The second-order valence-corrected chi connectivity index (χ2v) is 35.8. The average Bonchev–Trinajstić information content (AvgIpc) is 3.85. The lowest BCUT2D eigenvalue weighted by Gasteiger charge is -2.37. The van der Waals surface area contributed by atoms with Crippen molar-refractivity contribution < 1.29 is 0 Å². The van der Waals surface area contributed by atoms with E-state index in [1.807, 2.05) is 0 Å². The third-order valence-corrected chi connectivity index (χ3v) is 21.8. The zero-order valence-electron chi connectivity index (χ0n) is 51.6. The minimum absolute atomic E-state index is 0.00847. The summed E-state index contributed by atoms with van der Waals surface area (Å²) in [5, 5.41) is 9.08. The van der Waals surface area contributed by atoms with Crippen molar-refractivity contribution in [1.29, 1.82) is 0 Å². The molecule has 2 heteroatoms. The maximum atomic E-state index is 2.64. The molecule has 0 bridgehead atoms. The molecular formula is C73H98P2. The lowest BCUT2D eigenvalue weighted by Crippen LogP contribution is -2.37. The van der Waals surface area contributed by atoms with Crippen LogP contribution in [0.15, 0.2) is 109 Å². The van der Waals surface area contributed by atoms with Crippen LogP contribution in [-0.4, -0.2) is 0 Å². The molecule has 0 saturated heterocycles. The molecule has 0 heterocycles. The number of hydrogen-bond acceptors (Lipinski definition) is 0. The molecule has 0 fully saturated rings. The number of aryl methyl sites for hydroxylation is 2. The fourth-order valence-electron chi connectivity index (χ4n) is 11.8. The SMILES string of the molecule is CC(C)(C)c1cc(P(c2cc(C(C)(C)C)cc(C(C)(C)C)c2)c2cccc3c2C2(CC3)CCc3cccc(P(c4cc(C(C)(C)C)cc(C(C)(C)C)c4)c4cc(C(C)(C)C)cc(C(C)(C)C)c4)c32)cc(C(C)(C)C)c1. The Morgan fingerprint density at radius 2 is 0.480 bits per heavy atom. The van der Waals surface area contributed by atoms with Crippen LogP contribution in [0.2, 0.25) is 0 Å². The highest BCUT2D eigenvalue weighted by Gasteiger charge is 2.49. The van der Waals surface area contributed by atoms with Crippen molar-refractivity contribution in [2.75, 3.05) is 0 Å². The van der Waals surface area contributed by atoms with E-state index in [4.69, 9.17) is 0 Å². The van der Waals surface area contributed by atoms with Crippen LogP contribution in [0.5, 0.6) is 0 Å². The summed E-state index contributed by atoms with van der Waals surface area (Å²) in [6, 6.07) is 46.3. The monoisotopic (exact) mass is 1040 g/mol. The fourth-order valence-corrected chi connectivity index (χ4v) is 17.3. The second kappa shape index (κ2) is 19.2. The Bertz CT molecular complexity index is 2620. The van der Waals surface area contributed by atoms with Gasteiger partial charge in [-0.2, -0.15) is 0 Å². The van der Waals surface area contributed by atoms with Crippen LogP contribution in [0.25, 0.3) is 0 Å². The van der Waals surface area contributed by atoms with Crippen LogP contribution >= 0.6 is 15.8 Å². The molecule has 75 heavy (non-hydrogen) atoms. The van der Waals surface area contributed by atoms with Crippen LogP contribution < -0.4 is 31.8 Å². The third kappa shape index (κ3) is 11.5. The van der Waals surface area contributed by atoms with E-state index in [1.165, 1.54) is 65.7 Å². The predicted molar refractivity (Wildman–Crippen MR) is 337 cm³/mol. The number of fused-ring (bicyclic) bond motifs is 4. The Hall–Kier alpha value is -3.82. The zero-order valence-corrected chi connectivity index (χ0v) is 53.4. The van der Waals surface area contributed by atoms with E-state index in [0.29, 0.717) is 0 Å². The molecule has 0 unspecified atom stereocenters. The van der Waals surface area contributed by atoms with Gasteiger partial charge in [-0.15, -0.1) is 0 Å². The van der Waals surface area contributed by atoms with Gasteiger partial charge in [0.15, 0.2) is 0 Å². The molecule has 2 aliphatic carbocycles. The van der Waals surface area contributed by atoms with Crippen molar-refractivity contribution in [3.63, 3.8) is 0 Å². The smallest absolute Gasteiger partial charge is 0.0227 e. The summed E-state index contributed by atoms with van der Waals surface area (Å²) in [4.78, 5) is 0. The molecule has 6 aromatic rings. The van der Waals surface area contributed by atoms with Gasteiger partial charge < -0.3 is 0 Å². The molecule has 0 amide bonds. The van der Waals surface area contributed by atoms with Gasteiger partial charge in [0.1, 0.15) is 0 Å². The quantitative estimate of drug-likeness (QED) is 0.146. The largest absolute Gasteiger partial charge is 0.0613 e. The Morgan fingerprint density at radius 1 is 0.280 bits per heavy atom. The first-order chi connectivity index (χ1) is 34.2. The molecule has 1 spiro atoms. The van der Waals surface area contributed by atoms with Crippen LogP contribution in [0.3, 0.4) is 0 Å². The fraction of sp³-hybridized carbons (Fsp3) is 0.507. The Balaban J connectivity index is 1.51. The standard InChI is InChI=1S/C73H98P2/c1-65(2,3)49-35-50(66(4,5)6)40-57(39-49)74(58-41-51(67(7,8)9)36-52(42-58)68(10,11)12)61-29-25-27-47-31-33-73(63(47)61)34-32-48-28-26-30-62(64(48)73)75(59-43-53(69(13,14)15)37-54(44-59)70(16,17)18)60-45-55(71(19,20)21)38-56(46-60)72(22,23)24/h25-30,35-46H,31-34H2,1-24H3. The summed E-state index contributed by atoms with van der Waals surface area (Å²) in [6.07, 6.45) is 4.49. The molecule has 2 aliphatic rings.